The van der Waals surface area contributed by atoms with Gasteiger partial charge in [0.25, 0.3) is 5.91 Å². The van der Waals surface area contributed by atoms with E-state index in [1.54, 1.807) is 0 Å². The quantitative estimate of drug-likeness (QED) is 0.616. The summed E-state index contributed by atoms with van der Waals surface area (Å²) < 4.78 is 50.7. The van der Waals surface area contributed by atoms with Crippen molar-refractivity contribution >= 4 is 50.9 Å². The Balaban J connectivity index is 1.68. The van der Waals surface area contributed by atoms with Gasteiger partial charge in [-0.25, -0.2) is 22.6 Å². The molecule has 1 aromatic carbocycles. The van der Waals surface area contributed by atoms with E-state index in [4.69, 9.17) is 32.7 Å². The lowest BCUT2D eigenvalue weighted by molar-refractivity contribution is -0.119. The molecule has 1 N–H and O–H groups in total. The first-order valence-corrected chi connectivity index (χ1v) is 11.0. The number of amides is 1. The summed E-state index contributed by atoms with van der Waals surface area (Å²) in [7, 11) is -4.17. The normalized spacial score (nSPS) is 14.8. The molecule has 2 heterocycles. The van der Waals surface area contributed by atoms with Gasteiger partial charge in [-0.2, -0.15) is 4.31 Å². The average molecular weight is 492 g/mol. The van der Waals surface area contributed by atoms with Gasteiger partial charge in [0.15, 0.2) is 12.4 Å². The largest absolute Gasteiger partial charge is 0.452 e. The van der Waals surface area contributed by atoms with E-state index in [2.05, 4.69) is 10.3 Å². The highest BCUT2D eigenvalue weighted by atomic mass is 35.5. The standard InChI is InChI=1S/C18H16Cl2FN3O6S/c19-12-8-13(20)17(22-9-12)23-16(25)10-30-18(26)11-1-2-14(21)15(7-11)31(27,28)24-3-5-29-6-4-24/h1-2,7-9H,3-6,10H2,(H,22,23,25). The zero-order valence-electron chi connectivity index (χ0n) is 15.8. The molecule has 13 heteroatoms. The minimum Gasteiger partial charge on any atom is -0.452 e. The first-order chi connectivity index (χ1) is 14.7. The second-order valence-electron chi connectivity index (χ2n) is 6.27. The number of pyridine rings is 1. The Kier molecular flexibility index (Phi) is 7.44. The number of nitrogens with zero attached hydrogens (tertiary/aromatic N) is 2. The molecule has 1 aliphatic rings. The number of benzene rings is 1. The van der Waals surface area contributed by atoms with Crippen molar-refractivity contribution in [2.45, 2.75) is 4.90 Å². The molecule has 3 rings (SSSR count). The maximum atomic E-state index is 14.2. The van der Waals surface area contributed by atoms with Crippen LogP contribution in [0.15, 0.2) is 35.4 Å². The molecule has 1 saturated heterocycles. The van der Waals surface area contributed by atoms with E-state index in [1.807, 2.05) is 0 Å². The fourth-order valence-corrected chi connectivity index (χ4v) is 4.57. The Morgan fingerprint density at radius 3 is 2.61 bits per heavy atom. The van der Waals surface area contributed by atoms with Gasteiger partial charge in [0.2, 0.25) is 10.0 Å². The predicted octanol–water partition coefficient (Wildman–Crippen LogP) is 2.34. The number of anilines is 1. The predicted molar refractivity (Wildman–Crippen MR) is 109 cm³/mol. The summed E-state index contributed by atoms with van der Waals surface area (Å²) in [6, 6.07) is 4.15. The molecule has 0 bridgehead atoms. The minimum atomic E-state index is -4.17. The van der Waals surface area contributed by atoms with Gasteiger partial charge in [0, 0.05) is 19.3 Å². The first kappa shape index (κ1) is 23.4. The van der Waals surface area contributed by atoms with Crippen LogP contribution < -0.4 is 5.32 Å². The van der Waals surface area contributed by atoms with Crippen molar-refractivity contribution in [1.82, 2.24) is 9.29 Å². The molecule has 0 unspecified atom stereocenters. The smallest absolute Gasteiger partial charge is 0.338 e. The van der Waals surface area contributed by atoms with Crippen LogP contribution >= 0.6 is 23.2 Å². The maximum Gasteiger partial charge on any atom is 0.338 e. The highest BCUT2D eigenvalue weighted by Crippen LogP contribution is 2.23. The van der Waals surface area contributed by atoms with Crippen molar-refractivity contribution in [3.63, 3.8) is 0 Å². The molecule has 1 aromatic heterocycles. The van der Waals surface area contributed by atoms with Gasteiger partial charge in [-0.3, -0.25) is 4.79 Å². The van der Waals surface area contributed by atoms with Crippen LogP contribution in [0.25, 0.3) is 0 Å². The fourth-order valence-electron chi connectivity index (χ4n) is 2.64. The van der Waals surface area contributed by atoms with Crippen LogP contribution in [0.4, 0.5) is 10.2 Å². The van der Waals surface area contributed by atoms with Crippen LogP contribution in [0.1, 0.15) is 10.4 Å². The molecule has 2 aromatic rings. The van der Waals surface area contributed by atoms with Crippen molar-refractivity contribution in [3.8, 4) is 0 Å². The van der Waals surface area contributed by atoms with E-state index in [1.165, 1.54) is 12.3 Å². The van der Waals surface area contributed by atoms with Crippen molar-refractivity contribution < 1.29 is 31.9 Å². The number of halogens is 3. The van der Waals surface area contributed by atoms with E-state index in [0.717, 1.165) is 22.5 Å². The SMILES string of the molecule is O=C(COC(=O)c1ccc(F)c(S(=O)(=O)N2CCOCC2)c1)Nc1ncc(Cl)cc1Cl. The van der Waals surface area contributed by atoms with Crippen LogP contribution in [0.2, 0.25) is 10.0 Å². The Morgan fingerprint density at radius 2 is 1.94 bits per heavy atom. The number of esters is 1. The Labute approximate surface area is 187 Å². The fraction of sp³-hybridized carbons (Fsp3) is 0.278. The van der Waals surface area contributed by atoms with Crippen LogP contribution in [0.3, 0.4) is 0 Å². The molecule has 0 aliphatic carbocycles. The summed E-state index contributed by atoms with van der Waals surface area (Å²) in [6.07, 6.45) is 1.27. The Morgan fingerprint density at radius 1 is 1.23 bits per heavy atom. The summed E-state index contributed by atoms with van der Waals surface area (Å²) >= 11 is 11.6. The third kappa shape index (κ3) is 5.69. The number of carbonyl (C=O) groups excluding carboxylic acids is 2. The number of hydrogen-bond donors (Lipinski definition) is 1. The molecular weight excluding hydrogens is 476 g/mol. The molecule has 0 spiro atoms. The van der Waals surface area contributed by atoms with Crippen LogP contribution in [0.5, 0.6) is 0 Å². The number of hydrogen-bond acceptors (Lipinski definition) is 7. The minimum absolute atomic E-state index is 0.0211. The number of carbonyl (C=O) groups is 2. The molecule has 31 heavy (non-hydrogen) atoms. The molecular formula is C18H16Cl2FN3O6S. The molecule has 0 atom stereocenters. The second-order valence-corrected chi connectivity index (χ2v) is 9.02. The molecule has 1 fully saturated rings. The van der Waals surface area contributed by atoms with E-state index < -0.39 is 39.2 Å². The van der Waals surface area contributed by atoms with Crippen molar-refractivity contribution in [2.24, 2.45) is 0 Å². The zero-order chi connectivity index (χ0) is 22.6. The second kappa shape index (κ2) is 9.88. The number of nitrogens with one attached hydrogen (secondary N) is 1. The van der Waals surface area contributed by atoms with Gasteiger partial charge in [0.1, 0.15) is 10.7 Å². The lowest BCUT2D eigenvalue weighted by atomic mass is 10.2. The molecule has 9 nitrogen and oxygen atoms in total. The lowest BCUT2D eigenvalue weighted by Crippen LogP contribution is -2.41. The van der Waals surface area contributed by atoms with Crippen LogP contribution in [-0.2, 0) is 24.3 Å². The summed E-state index contributed by atoms with van der Waals surface area (Å²) in [6.45, 7) is -0.202. The third-order valence-corrected chi connectivity index (χ3v) is 6.56. The Hall–Kier alpha value is -2.31. The third-order valence-electron chi connectivity index (χ3n) is 4.15. The first-order valence-electron chi connectivity index (χ1n) is 8.84. The molecule has 1 amide bonds. The van der Waals surface area contributed by atoms with Crippen molar-refractivity contribution in [3.05, 3.63) is 51.9 Å². The molecule has 1 aliphatic heterocycles. The van der Waals surface area contributed by atoms with Gasteiger partial charge in [-0.15, -0.1) is 0 Å². The number of morpholine rings is 1. The number of ether oxygens (including phenoxy) is 2. The van der Waals surface area contributed by atoms with Gasteiger partial charge < -0.3 is 14.8 Å². The van der Waals surface area contributed by atoms with E-state index in [9.17, 15) is 22.4 Å². The summed E-state index contributed by atoms with van der Waals surface area (Å²) in [5.41, 5.74) is -0.233. The molecule has 0 radical (unpaired) electrons. The zero-order valence-corrected chi connectivity index (χ0v) is 18.1. The van der Waals surface area contributed by atoms with E-state index in [-0.39, 0.29) is 47.7 Å². The topological polar surface area (TPSA) is 115 Å². The van der Waals surface area contributed by atoms with Gasteiger partial charge in [-0.05, 0) is 24.3 Å². The highest BCUT2D eigenvalue weighted by Gasteiger charge is 2.30. The monoisotopic (exact) mass is 491 g/mol. The van der Waals surface area contributed by atoms with Crippen molar-refractivity contribution in [2.75, 3.05) is 38.2 Å². The molecule has 0 saturated carbocycles. The van der Waals surface area contributed by atoms with E-state index >= 15 is 0 Å². The maximum absolute atomic E-state index is 14.2. The van der Waals surface area contributed by atoms with E-state index in [0.29, 0.717) is 0 Å². The lowest BCUT2D eigenvalue weighted by Gasteiger charge is -2.26. The Bertz CT molecular complexity index is 1110. The van der Waals surface area contributed by atoms with Gasteiger partial charge in [0.05, 0.1) is 28.8 Å². The number of aromatic nitrogens is 1. The average Bonchev–Trinajstić information content (AvgIpc) is 2.75. The van der Waals surface area contributed by atoms with Crippen LogP contribution in [-0.4, -0.2) is 62.5 Å². The summed E-state index contributed by atoms with van der Waals surface area (Å²) in [5, 5.41) is 2.70. The molecule has 166 valence electrons. The number of rotatable bonds is 6. The highest BCUT2D eigenvalue weighted by molar-refractivity contribution is 7.89. The number of sulfonamides is 1. The van der Waals surface area contributed by atoms with Gasteiger partial charge >= 0.3 is 5.97 Å². The van der Waals surface area contributed by atoms with Crippen molar-refractivity contribution in [1.29, 1.82) is 0 Å². The van der Waals surface area contributed by atoms with Crippen LogP contribution in [0, 0.1) is 5.82 Å². The summed E-state index contributed by atoms with van der Waals surface area (Å²) in [5.74, 6) is -2.74. The summed E-state index contributed by atoms with van der Waals surface area (Å²) in [4.78, 5) is 27.4. The van der Waals surface area contributed by atoms with Gasteiger partial charge in [-0.1, -0.05) is 23.2 Å².